The van der Waals surface area contributed by atoms with Gasteiger partial charge in [-0.25, -0.2) is 9.21 Å². The van der Waals surface area contributed by atoms with Crippen LogP contribution in [0.4, 0.5) is 0 Å². The predicted octanol–water partition coefficient (Wildman–Crippen LogP) is 5.27. The maximum Gasteiger partial charge on any atom is 0.365 e. The molecular weight excluding hydrogens is 336 g/mol. The maximum atomic E-state index is 12.9. The quantitative estimate of drug-likeness (QED) is 0.463. The summed E-state index contributed by atoms with van der Waals surface area (Å²) in [4.78, 5) is 12.9. The van der Waals surface area contributed by atoms with E-state index >= 15 is 0 Å². The summed E-state index contributed by atoms with van der Waals surface area (Å²) in [6, 6.07) is 16.6. The summed E-state index contributed by atoms with van der Waals surface area (Å²) >= 11 is 0. The largest absolute Gasteiger partial charge is 0.462 e. The summed E-state index contributed by atoms with van der Waals surface area (Å²) in [5.74, 6) is 1.44. The van der Waals surface area contributed by atoms with Gasteiger partial charge >= 0.3 is 17.5 Å². The molecule has 27 heavy (non-hydrogen) atoms. The van der Waals surface area contributed by atoms with Gasteiger partial charge in [0, 0.05) is 0 Å². The smallest absolute Gasteiger partial charge is 0.365 e. The molecule has 5 rings (SSSR count). The van der Waals surface area contributed by atoms with Crippen molar-refractivity contribution >= 4 is 5.97 Å². The van der Waals surface area contributed by atoms with Crippen LogP contribution in [-0.4, -0.2) is 12.6 Å². The second kappa shape index (κ2) is 6.34. The van der Waals surface area contributed by atoms with Crippen molar-refractivity contribution in [2.75, 3.05) is 6.61 Å². The fraction of sp³-hybridized carbons (Fsp3) is 0.250. The maximum absolute atomic E-state index is 12.9. The van der Waals surface area contributed by atoms with Crippen molar-refractivity contribution in [1.82, 2.24) is 0 Å². The first-order valence-corrected chi connectivity index (χ1v) is 9.63. The Balaban J connectivity index is 1.83. The Kier molecular flexibility index (Phi) is 3.82. The van der Waals surface area contributed by atoms with Crippen LogP contribution in [0.2, 0.25) is 0 Å². The van der Waals surface area contributed by atoms with Gasteiger partial charge in [-0.1, -0.05) is 36.4 Å². The summed E-state index contributed by atoms with van der Waals surface area (Å²) in [6.07, 6.45) is 3.44. The topological polar surface area (TPSA) is 37.6 Å². The Labute approximate surface area is 158 Å². The molecule has 0 fully saturated rings. The molecule has 2 aliphatic carbocycles. The van der Waals surface area contributed by atoms with Gasteiger partial charge in [0.15, 0.2) is 0 Å². The minimum Gasteiger partial charge on any atom is -0.462 e. The first kappa shape index (κ1) is 16.2. The SMILES string of the molecule is CCOC(=O)c1c2c([o+]c3c1CCc1ccccc1-3)-c1ccccc1CC2. The number of fused-ring (bicyclic) bond motifs is 6. The third kappa shape index (κ3) is 2.49. The van der Waals surface area contributed by atoms with E-state index in [1.807, 2.05) is 19.1 Å². The van der Waals surface area contributed by atoms with Crippen molar-refractivity contribution in [1.29, 1.82) is 0 Å². The van der Waals surface area contributed by atoms with Crippen LogP contribution in [0.5, 0.6) is 0 Å². The minimum atomic E-state index is -0.223. The Morgan fingerprint density at radius 1 is 0.852 bits per heavy atom. The third-order valence-electron chi connectivity index (χ3n) is 5.65. The number of esters is 1. The van der Waals surface area contributed by atoms with E-state index in [-0.39, 0.29) is 5.97 Å². The van der Waals surface area contributed by atoms with E-state index in [1.54, 1.807) is 0 Å². The number of aryl methyl sites for hydroxylation is 2. The second-order valence-corrected chi connectivity index (χ2v) is 7.13. The molecule has 0 N–H and O–H groups in total. The molecule has 2 aromatic carbocycles. The lowest BCUT2D eigenvalue weighted by Crippen LogP contribution is -2.19. The molecule has 0 amide bonds. The van der Waals surface area contributed by atoms with Crippen LogP contribution in [-0.2, 0) is 30.4 Å². The molecular formula is C24H21O3+. The highest BCUT2D eigenvalue weighted by Crippen LogP contribution is 2.44. The number of carbonyl (C=O) groups excluding carboxylic acids is 1. The number of ether oxygens (including phenoxy) is 1. The van der Waals surface area contributed by atoms with E-state index in [4.69, 9.17) is 9.15 Å². The fourth-order valence-electron chi connectivity index (χ4n) is 4.44. The number of hydrogen-bond acceptors (Lipinski definition) is 2. The van der Waals surface area contributed by atoms with Crippen LogP contribution in [0, 0.1) is 0 Å². The van der Waals surface area contributed by atoms with E-state index in [2.05, 4.69) is 36.4 Å². The van der Waals surface area contributed by atoms with Gasteiger partial charge in [-0.3, -0.25) is 0 Å². The average Bonchev–Trinajstić information content (AvgIpc) is 2.72. The molecule has 0 saturated heterocycles. The van der Waals surface area contributed by atoms with Crippen LogP contribution < -0.4 is 0 Å². The Morgan fingerprint density at radius 3 is 1.89 bits per heavy atom. The number of benzene rings is 2. The highest BCUT2D eigenvalue weighted by Gasteiger charge is 2.39. The summed E-state index contributed by atoms with van der Waals surface area (Å²) < 4.78 is 12.0. The summed E-state index contributed by atoms with van der Waals surface area (Å²) in [7, 11) is 0. The van der Waals surface area contributed by atoms with Gasteiger partial charge in [0.2, 0.25) is 0 Å². The van der Waals surface area contributed by atoms with Gasteiger partial charge in [0.05, 0.1) is 34.4 Å². The van der Waals surface area contributed by atoms with Crippen molar-refractivity contribution in [2.24, 2.45) is 0 Å². The van der Waals surface area contributed by atoms with Gasteiger partial charge in [0.1, 0.15) is 0 Å². The molecule has 3 nitrogen and oxygen atoms in total. The number of hydrogen-bond donors (Lipinski definition) is 0. The molecule has 3 aromatic rings. The molecule has 1 aromatic heterocycles. The van der Waals surface area contributed by atoms with E-state index in [0.717, 1.165) is 65.0 Å². The van der Waals surface area contributed by atoms with Crippen molar-refractivity contribution in [3.05, 3.63) is 76.3 Å². The van der Waals surface area contributed by atoms with E-state index in [0.29, 0.717) is 6.61 Å². The molecule has 0 atom stereocenters. The molecule has 2 aliphatic rings. The lowest BCUT2D eigenvalue weighted by molar-refractivity contribution is 0.0523. The van der Waals surface area contributed by atoms with Crippen molar-refractivity contribution in [2.45, 2.75) is 32.6 Å². The molecule has 0 saturated carbocycles. The Morgan fingerprint density at radius 2 is 1.37 bits per heavy atom. The van der Waals surface area contributed by atoms with Crippen LogP contribution in [0.1, 0.15) is 39.5 Å². The second-order valence-electron chi connectivity index (χ2n) is 7.13. The lowest BCUT2D eigenvalue weighted by atomic mass is 9.81. The molecule has 0 bridgehead atoms. The van der Waals surface area contributed by atoms with E-state index < -0.39 is 0 Å². The van der Waals surface area contributed by atoms with Crippen LogP contribution in [0.15, 0.2) is 52.9 Å². The zero-order valence-electron chi connectivity index (χ0n) is 15.4. The van der Waals surface area contributed by atoms with Crippen molar-refractivity contribution < 1.29 is 13.9 Å². The molecule has 0 aliphatic heterocycles. The molecule has 134 valence electrons. The fourth-order valence-corrected chi connectivity index (χ4v) is 4.44. The highest BCUT2D eigenvalue weighted by molar-refractivity contribution is 5.97. The van der Waals surface area contributed by atoms with Gasteiger partial charge in [-0.05, 0) is 55.9 Å². The zero-order chi connectivity index (χ0) is 18.4. The van der Waals surface area contributed by atoms with Gasteiger partial charge in [-0.15, -0.1) is 0 Å². The first-order chi connectivity index (χ1) is 13.3. The van der Waals surface area contributed by atoms with Gasteiger partial charge < -0.3 is 4.74 Å². The zero-order valence-corrected chi connectivity index (χ0v) is 15.4. The van der Waals surface area contributed by atoms with Gasteiger partial charge in [0.25, 0.3) is 0 Å². The normalized spacial score (nSPS) is 13.8. The lowest BCUT2D eigenvalue weighted by Gasteiger charge is -2.20. The minimum absolute atomic E-state index is 0.223. The molecule has 0 spiro atoms. The monoisotopic (exact) mass is 357 g/mol. The average molecular weight is 357 g/mol. The molecule has 3 heteroatoms. The summed E-state index contributed by atoms with van der Waals surface area (Å²) in [6.45, 7) is 2.23. The van der Waals surface area contributed by atoms with E-state index in [9.17, 15) is 4.79 Å². The summed E-state index contributed by atoms with van der Waals surface area (Å²) in [5, 5.41) is 0. The van der Waals surface area contributed by atoms with E-state index in [1.165, 1.54) is 11.1 Å². The Bertz CT molecular complexity index is 991. The first-order valence-electron chi connectivity index (χ1n) is 9.63. The molecule has 1 heterocycles. The van der Waals surface area contributed by atoms with Crippen LogP contribution in [0.3, 0.4) is 0 Å². The molecule has 0 radical (unpaired) electrons. The van der Waals surface area contributed by atoms with Crippen LogP contribution in [0.25, 0.3) is 22.6 Å². The molecule has 0 unspecified atom stereocenters. The van der Waals surface area contributed by atoms with Crippen molar-refractivity contribution in [3.63, 3.8) is 0 Å². The third-order valence-corrected chi connectivity index (χ3v) is 5.65. The summed E-state index contributed by atoms with van der Waals surface area (Å²) in [5.41, 5.74) is 7.47. The number of rotatable bonds is 2. The number of carbonyl (C=O) groups is 1. The Hall–Kier alpha value is -2.94. The van der Waals surface area contributed by atoms with Crippen molar-refractivity contribution in [3.8, 4) is 22.6 Å². The van der Waals surface area contributed by atoms with Crippen LogP contribution >= 0.6 is 0 Å². The standard InChI is InChI=1S/C24H21O3/c1-2-26-24(25)21-19-13-11-15-7-3-5-9-17(15)22(19)27-23-18-10-6-4-8-16(18)12-14-20(21)23/h3-10H,2,11-14H2,1H3/q+1. The van der Waals surface area contributed by atoms with Gasteiger partial charge in [-0.2, -0.15) is 0 Å². The predicted molar refractivity (Wildman–Crippen MR) is 105 cm³/mol. The highest BCUT2D eigenvalue weighted by atomic mass is 16.5.